The van der Waals surface area contributed by atoms with Gasteiger partial charge in [0.1, 0.15) is 17.3 Å². The number of amides is 2. The van der Waals surface area contributed by atoms with Crippen LogP contribution in [0.2, 0.25) is 0 Å². The number of piperazine rings is 1. The van der Waals surface area contributed by atoms with Gasteiger partial charge in [0, 0.05) is 26.2 Å². The van der Waals surface area contributed by atoms with Crippen LogP contribution in [0.3, 0.4) is 0 Å². The number of hydrogen-bond donors (Lipinski definition) is 2. The van der Waals surface area contributed by atoms with Gasteiger partial charge in [-0.1, -0.05) is 0 Å². The van der Waals surface area contributed by atoms with Gasteiger partial charge in [-0.15, -0.1) is 0 Å². The zero-order valence-corrected chi connectivity index (χ0v) is 11.0. The second-order valence-electron chi connectivity index (χ2n) is 5.07. The Balaban J connectivity index is 1.88. The van der Waals surface area contributed by atoms with Crippen LogP contribution in [0.5, 0.6) is 0 Å². The van der Waals surface area contributed by atoms with E-state index in [4.69, 9.17) is 5.11 Å². The molecule has 1 aromatic rings. The van der Waals surface area contributed by atoms with Crippen molar-refractivity contribution in [2.45, 2.75) is 6.04 Å². The molecule has 0 radical (unpaired) electrons. The summed E-state index contributed by atoms with van der Waals surface area (Å²) in [5.41, 5.74) is -0.663. The van der Waals surface area contributed by atoms with Gasteiger partial charge >= 0.3 is 12.0 Å². The smallest absolute Gasteiger partial charge is 0.335 e. The number of rotatable bonds is 2. The first-order valence-electron chi connectivity index (χ1n) is 6.49. The molecule has 6 nitrogen and oxygen atoms in total. The van der Waals surface area contributed by atoms with E-state index in [-0.39, 0.29) is 17.8 Å². The number of carbonyl (C=O) groups is 2. The molecule has 2 amide bonds. The molecule has 112 valence electrons. The highest BCUT2D eigenvalue weighted by Crippen LogP contribution is 2.28. The number of halogens is 2. The van der Waals surface area contributed by atoms with Crippen LogP contribution in [-0.2, 0) is 0 Å². The number of fused-ring (bicyclic) bond motifs is 1. The molecule has 2 aliphatic rings. The minimum atomic E-state index is -1.38. The first kappa shape index (κ1) is 13.6. The van der Waals surface area contributed by atoms with E-state index >= 15 is 0 Å². The topological polar surface area (TPSA) is 72.9 Å². The van der Waals surface area contributed by atoms with E-state index in [2.05, 4.69) is 5.32 Å². The lowest BCUT2D eigenvalue weighted by Gasteiger charge is -2.38. The molecule has 2 saturated heterocycles. The Morgan fingerprint density at radius 1 is 1.29 bits per heavy atom. The molecule has 0 bridgehead atoms. The predicted molar refractivity (Wildman–Crippen MR) is 69.4 cm³/mol. The van der Waals surface area contributed by atoms with Gasteiger partial charge in [-0.2, -0.15) is 0 Å². The summed E-state index contributed by atoms with van der Waals surface area (Å²) < 4.78 is 28.1. The van der Waals surface area contributed by atoms with Crippen LogP contribution in [0.1, 0.15) is 10.4 Å². The summed E-state index contributed by atoms with van der Waals surface area (Å²) in [6, 6.07) is 1.32. The number of benzene rings is 1. The first-order chi connectivity index (χ1) is 9.97. The Bertz CT molecular complexity index is 600. The van der Waals surface area contributed by atoms with Gasteiger partial charge < -0.3 is 20.2 Å². The molecule has 0 spiro atoms. The fraction of sp³-hybridized carbons (Fsp3) is 0.385. The van der Waals surface area contributed by atoms with Gasteiger partial charge in [0.25, 0.3) is 0 Å². The second-order valence-corrected chi connectivity index (χ2v) is 5.07. The van der Waals surface area contributed by atoms with E-state index in [0.717, 1.165) is 12.1 Å². The average Bonchev–Trinajstić information content (AvgIpc) is 2.79. The third kappa shape index (κ3) is 2.26. The van der Waals surface area contributed by atoms with E-state index in [0.29, 0.717) is 26.2 Å². The number of urea groups is 1. The SMILES string of the molecule is O=C(O)c1cc(F)c(N2CCN3C(=O)NCC3C2)c(F)c1. The third-order valence-corrected chi connectivity index (χ3v) is 3.81. The largest absolute Gasteiger partial charge is 0.478 e. The molecule has 0 aliphatic carbocycles. The van der Waals surface area contributed by atoms with Crippen molar-refractivity contribution in [2.75, 3.05) is 31.1 Å². The monoisotopic (exact) mass is 297 g/mol. The van der Waals surface area contributed by atoms with Crippen molar-refractivity contribution in [3.63, 3.8) is 0 Å². The molecule has 2 aliphatic heterocycles. The van der Waals surface area contributed by atoms with E-state index < -0.39 is 23.2 Å². The molecule has 21 heavy (non-hydrogen) atoms. The number of carboxylic acid groups (broad SMARTS) is 1. The van der Waals surface area contributed by atoms with Crippen molar-refractivity contribution < 1.29 is 23.5 Å². The van der Waals surface area contributed by atoms with Crippen molar-refractivity contribution >= 4 is 17.7 Å². The zero-order valence-electron chi connectivity index (χ0n) is 11.0. The van der Waals surface area contributed by atoms with Gasteiger partial charge in [0.15, 0.2) is 0 Å². The minimum absolute atomic E-state index is 0.135. The molecule has 1 aromatic carbocycles. The Morgan fingerprint density at radius 3 is 2.57 bits per heavy atom. The van der Waals surface area contributed by atoms with Crippen molar-refractivity contribution in [2.24, 2.45) is 0 Å². The van der Waals surface area contributed by atoms with Crippen molar-refractivity contribution in [3.8, 4) is 0 Å². The number of carbonyl (C=O) groups excluding carboxylic acids is 1. The molecule has 2 N–H and O–H groups in total. The highest BCUT2D eigenvalue weighted by atomic mass is 19.1. The lowest BCUT2D eigenvalue weighted by molar-refractivity contribution is 0.0695. The summed E-state index contributed by atoms with van der Waals surface area (Å²) in [4.78, 5) is 25.4. The van der Waals surface area contributed by atoms with Crippen molar-refractivity contribution in [3.05, 3.63) is 29.3 Å². The van der Waals surface area contributed by atoms with Crippen LogP contribution >= 0.6 is 0 Å². The van der Waals surface area contributed by atoms with Crippen LogP contribution in [0, 0.1) is 11.6 Å². The quantitative estimate of drug-likeness (QED) is 0.850. The molecule has 1 unspecified atom stereocenters. The van der Waals surface area contributed by atoms with Gasteiger partial charge in [-0.05, 0) is 12.1 Å². The van der Waals surface area contributed by atoms with Gasteiger partial charge in [0.05, 0.1) is 11.6 Å². The molecule has 2 fully saturated rings. The van der Waals surface area contributed by atoms with E-state index in [1.165, 1.54) is 4.90 Å². The Hall–Kier alpha value is -2.38. The summed E-state index contributed by atoms with van der Waals surface area (Å²) in [7, 11) is 0. The molecular formula is C13H13F2N3O3. The maximum absolute atomic E-state index is 14.0. The highest BCUT2D eigenvalue weighted by molar-refractivity contribution is 5.88. The van der Waals surface area contributed by atoms with Gasteiger partial charge in [0.2, 0.25) is 0 Å². The number of aromatic carboxylic acids is 1. The molecule has 0 saturated carbocycles. The Morgan fingerprint density at radius 2 is 1.95 bits per heavy atom. The summed E-state index contributed by atoms with van der Waals surface area (Å²) in [5.74, 6) is -3.19. The summed E-state index contributed by atoms with van der Waals surface area (Å²) in [6.07, 6.45) is 0. The summed E-state index contributed by atoms with van der Waals surface area (Å²) >= 11 is 0. The van der Waals surface area contributed by atoms with Crippen LogP contribution in [0.25, 0.3) is 0 Å². The predicted octanol–water partition coefficient (Wildman–Crippen LogP) is 0.877. The molecule has 8 heteroatoms. The molecule has 0 aromatic heterocycles. The maximum Gasteiger partial charge on any atom is 0.335 e. The van der Waals surface area contributed by atoms with Gasteiger partial charge in [-0.3, -0.25) is 0 Å². The minimum Gasteiger partial charge on any atom is -0.478 e. The Labute approximate surface area is 118 Å². The van der Waals surface area contributed by atoms with Gasteiger partial charge in [-0.25, -0.2) is 18.4 Å². The number of nitrogens with one attached hydrogen (secondary N) is 1. The van der Waals surface area contributed by atoms with Crippen molar-refractivity contribution in [1.82, 2.24) is 10.2 Å². The van der Waals surface area contributed by atoms with E-state index in [1.807, 2.05) is 0 Å². The average molecular weight is 297 g/mol. The fourth-order valence-corrected chi connectivity index (χ4v) is 2.80. The number of hydrogen-bond acceptors (Lipinski definition) is 3. The first-order valence-corrected chi connectivity index (χ1v) is 6.49. The molecule has 2 heterocycles. The van der Waals surface area contributed by atoms with E-state index in [9.17, 15) is 18.4 Å². The lowest BCUT2D eigenvalue weighted by Crippen LogP contribution is -2.52. The highest BCUT2D eigenvalue weighted by Gasteiger charge is 2.36. The summed E-state index contributed by atoms with van der Waals surface area (Å²) in [5, 5.41) is 11.5. The van der Waals surface area contributed by atoms with Crippen molar-refractivity contribution in [1.29, 1.82) is 0 Å². The number of anilines is 1. The number of nitrogens with zero attached hydrogens (tertiary/aromatic N) is 2. The lowest BCUT2D eigenvalue weighted by atomic mass is 10.1. The maximum atomic E-state index is 14.0. The molecule has 1 atom stereocenters. The zero-order chi connectivity index (χ0) is 15.1. The Kier molecular flexibility index (Phi) is 3.15. The fourth-order valence-electron chi connectivity index (χ4n) is 2.80. The van der Waals surface area contributed by atoms with Crippen LogP contribution < -0.4 is 10.2 Å². The third-order valence-electron chi connectivity index (χ3n) is 3.81. The van der Waals surface area contributed by atoms with E-state index in [1.54, 1.807) is 4.90 Å². The second kappa shape index (κ2) is 4.87. The summed E-state index contributed by atoms with van der Waals surface area (Å²) in [6.45, 7) is 1.41. The number of carboxylic acids is 1. The molecular weight excluding hydrogens is 284 g/mol. The normalized spacial score (nSPS) is 21.2. The van der Waals surface area contributed by atoms with Crippen LogP contribution in [0.4, 0.5) is 19.3 Å². The standard InChI is InChI=1S/C13H13F2N3O3/c14-9-3-7(12(19)20)4-10(15)11(9)17-1-2-18-8(6-17)5-16-13(18)21/h3-4,8H,1-2,5-6H2,(H,16,21)(H,19,20). The van der Waals surface area contributed by atoms with Crippen LogP contribution in [0.15, 0.2) is 12.1 Å². The van der Waals surface area contributed by atoms with Crippen LogP contribution in [-0.4, -0.2) is 54.2 Å². The molecule has 3 rings (SSSR count).